The average molecular weight is 197 g/mol. The first-order valence-corrected chi connectivity index (χ1v) is 5.07. The van der Waals surface area contributed by atoms with E-state index in [-0.39, 0.29) is 18.6 Å². The zero-order valence-electron chi connectivity index (χ0n) is 8.85. The molecular weight excluding hydrogens is 178 g/mol. The van der Waals surface area contributed by atoms with Crippen LogP contribution >= 0.6 is 0 Å². The van der Waals surface area contributed by atoms with E-state index < -0.39 is 0 Å². The second kappa shape index (κ2) is 5.12. The van der Waals surface area contributed by atoms with Gasteiger partial charge in [0.05, 0.1) is 6.33 Å². The fraction of sp³-hybridized carbons (Fsp3) is 0.700. The van der Waals surface area contributed by atoms with E-state index in [0.29, 0.717) is 6.42 Å². The molecule has 80 valence electrons. The van der Waals surface area contributed by atoms with Crippen molar-refractivity contribution in [2.24, 2.45) is 5.73 Å². The Morgan fingerprint density at radius 2 is 2.36 bits per heavy atom. The predicted octanol–water partition coefficient (Wildman–Crippen LogP) is 0.716. The smallest absolute Gasteiger partial charge is 0.0948 e. The van der Waals surface area contributed by atoms with Crippen molar-refractivity contribution in [3.05, 3.63) is 18.2 Å². The van der Waals surface area contributed by atoms with E-state index in [1.54, 1.807) is 0 Å². The first-order chi connectivity index (χ1) is 6.70. The average Bonchev–Trinajstić information content (AvgIpc) is 2.61. The molecule has 0 fully saturated rings. The number of aliphatic hydroxyl groups is 1. The number of hydrogen-bond acceptors (Lipinski definition) is 3. The van der Waals surface area contributed by atoms with Crippen LogP contribution in [0.25, 0.3) is 0 Å². The SMILES string of the molecule is CCn1cncc1C(CCO)C(C)N. The molecule has 0 saturated heterocycles. The number of nitrogens with zero attached hydrogens (tertiary/aromatic N) is 2. The van der Waals surface area contributed by atoms with Gasteiger partial charge in [0.25, 0.3) is 0 Å². The summed E-state index contributed by atoms with van der Waals surface area (Å²) in [6.07, 6.45) is 4.35. The summed E-state index contributed by atoms with van der Waals surface area (Å²) in [6.45, 7) is 5.10. The van der Waals surface area contributed by atoms with Gasteiger partial charge in [-0.3, -0.25) is 0 Å². The molecule has 4 heteroatoms. The largest absolute Gasteiger partial charge is 0.396 e. The van der Waals surface area contributed by atoms with Crippen LogP contribution in [0.2, 0.25) is 0 Å². The second-order valence-corrected chi connectivity index (χ2v) is 3.58. The Bertz CT molecular complexity index is 270. The highest BCUT2D eigenvalue weighted by Gasteiger charge is 2.18. The molecule has 0 aliphatic carbocycles. The van der Waals surface area contributed by atoms with Gasteiger partial charge >= 0.3 is 0 Å². The van der Waals surface area contributed by atoms with Crippen LogP contribution in [0, 0.1) is 0 Å². The van der Waals surface area contributed by atoms with Gasteiger partial charge in [0.15, 0.2) is 0 Å². The van der Waals surface area contributed by atoms with Gasteiger partial charge < -0.3 is 15.4 Å². The number of rotatable bonds is 5. The van der Waals surface area contributed by atoms with Crippen molar-refractivity contribution in [3.8, 4) is 0 Å². The molecular formula is C10H19N3O. The molecule has 1 rings (SSSR count). The first kappa shape index (κ1) is 11.2. The summed E-state index contributed by atoms with van der Waals surface area (Å²) in [5.74, 6) is 0.197. The van der Waals surface area contributed by atoms with Gasteiger partial charge in [-0.1, -0.05) is 0 Å². The summed E-state index contributed by atoms with van der Waals surface area (Å²) in [5, 5.41) is 8.96. The highest BCUT2D eigenvalue weighted by molar-refractivity contribution is 5.09. The summed E-state index contributed by atoms with van der Waals surface area (Å²) in [6, 6.07) is 0.0455. The van der Waals surface area contributed by atoms with Crippen molar-refractivity contribution in [1.29, 1.82) is 0 Å². The lowest BCUT2D eigenvalue weighted by atomic mass is 9.95. The molecule has 1 heterocycles. The molecule has 2 atom stereocenters. The van der Waals surface area contributed by atoms with E-state index >= 15 is 0 Å². The number of nitrogens with two attached hydrogens (primary N) is 1. The molecule has 0 spiro atoms. The predicted molar refractivity (Wildman–Crippen MR) is 56.0 cm³/mol. The molecule has 0 bridgehead atoms. The van der Waals surface area contributed by atoms with Gasteiger partial charge in [-0.05, 0) is 20.3 Å². The lowest BCUT2D eigenvalue weighted by Gasteiger charge is -2.20. The van der Waals surface area contributed by atoms with E-state index in [9.17, 15) is 0 Å². The van der Waals surface area contributed by atoms with Crippen molar-refractivity contribution < 1.29 is 5.11 Å². The summed E-state index contributed by atoms with van der Waals surface area (Å²) >= 11 is 0. The maximum Gasteiger partial charge on any atom is 0.0948 e. The third-order valence-electron chi connectivity index (χ3n) is 2.54. The molecule has 14 heavy (non-hydrogen) atoms. The number of aryl methyl sites for hydroxylation is 1. The van der Waals surface area contributed by atoms with Gasteiger partial charge in [-0.25, -0.2) is 4.98 Å². The molecule has 0 radical (unpaired) electrons. The van der Waals surface area contributed by atoms with Crippen LogP contribution in [0.5, 0.6) is 0 Å². The summed E-state index contributed by atoms with van der Waals surface area (Å²) in [4.78, 5) is 4.10. The molecule has 0 aliphatic rings. The second-order valence-electron chi connectivity index (χ2n) is 3.58. The van der Waals surface area contributed by atoms with Gasteiger partial charge in [0, 0.05) is 37.0 Å². The van der Waals surface area contributed by atoms with Crippen LogP contribution in [0.4, 0.5) is 0 Å². The van der Waals surface area contributed by atoms with Gasteiger partial charge in [-0.15, -0.1) is 0 Å². The lowest BCUT2D eigenvalue weighted by molar-refractivity contribution is 0.266. The van der Waals surface area contributed by atoms with E-state index in [2.05, 4.69) is 16.5 Å². The number of aliphatic hydroxyl groups excluding tert-OH is 1. The molecule has 3 N–H and O–H groups in total. The molecule has 1 aromatic heterocycles. The monoisotopic (exact) mass is 197 g/mol. The fourth-order valence-corrected chi connectivity index (χ4v) is 1.72. The molecule has 0 saturated carbocycles. The minimum atomic E-state index is 0.0455. The normalized spacial score (nSPS) is 15.4. The van der Waals surface area contributed by atoms with Crippen molar-refractivity contribution in [3.63, 3.8) is 0 Å². The number of imidazole rings is 1. The molecule has 0 amide bonds. The van der Waals surface area contributed by atoms with Crippen molar-refractivity contribution in [2.75, 3.05) is 6.61 Å². The van der Waals surface area contributed by atoms with Crippen molar-refractivity contribution in [2.45, 2.75) is 38.8 Å². The Kier molecular flexibility index (Phi) is 4.10. The quantitative estimate of drug-likeness (QED) is 0.731. The Morgan fingerprint density at radius 1 is 1.64 bits per heavy atom. The number of aromatic nitrogens is 2. The van der Waals surface area contributed by atoms with Crippen molar-refractivity contribution in [1.82, 2.24) is 9.55 Å². The standard InChI is InChI=1S/C10H19N3O/c1-3-13-7-12-6-10(13)9(4-5-14)8(2)11/h6-9,14H,3-5,11H2,1-2H3. The summed E-state index contributed by atoms with van der Waals surface area (Å²) in [5.41, 5.74) is 7.01. The summed E-state index contributed by atoms with van der Waals surface area (Å²) < 4.78 is 2.07. The van der Waals surface area contributed by atoms with Crippen LogP contribution in [-0.2, 0) is 6.54 Å². The van der Waals surface area contributed by atoms with Crippen LogP contribution in [0.15, 0.2) is 12.5 Å². The topological polar surface area (TPSA) is 64.1 Å². The zero-order chi connectivity index (χ0) is 10.6. The van der Waals surface area contributed by atoms with E-state index in [1.165, 1.54) is 0 Å². The van der Waals surface area contributed by atoms with Crippen LogP contribution in [-0.4, -0.2) is 27.3 Å². The van der Waals surface area contributed by atoms with Gasteiger partial charge in [0.2, 0.25) is 0 Å². The Hall–Kier alpha value is -0.870. The van der Waals surface area contributed by atoms with Crippen molar-refractivity contribution >= 4 is 0 Å². The molecule has 4 nitrogen and oxygen atoms in total. The third kappa shape index (κ3) is 2.33. The van der Waals surface area contributed by atoms with E-state index in [4.69, 9.17) is 10.8 Å². The first-order valence-electron chi connectivity index (χ1n) is 5.07. The Balaban J connectivity index is 2.86. The van der Waals surface area contributed by atoms with Gasteiger partial charge in [0.1, 0.15) is 0 Å². The molecule has 2 unspecified atom stereocenters. The number of hydrogen-bond donors (Lipinski definition) is 2. The highest BCUT2D eigenvalue weighted by atomic mass is 16.3. The minimum Gasteiger partial charge on any atom is -0.396 e. The molecule has 0 aromatic carbocycles. The van der Waals surface area contributed by atoms with Crippen LogP contribution < -0.4 is 5.73 Å². The third-order valence-corrected chi connectivity index (χ3v) is 2.54. The Labute approximate surface area is 84.8 Å². The summed E-state index contributed by atoms with van der Waals surface area (Å²) in [7, 11) is 0. The maximum atomic E-state index is 8.96. The molecule has 1 aromatic rings. The fourth-order valence-electron chi connectivity index (χ4n) is 1.72. The van der Waals surface area contributed by atoms with Gasteiger partial charge in [-0.2, -0.15) is 0 Å². The van der Waals surface area contributed by atoms with E-state index in [1.807, 2.05) is 19.4 Å². The Morgan fingerprint density at radius 3 is 2.86 bits per heavy atom. The lowest BCUT2D eigenvalue weighted by Crippen LogP contribution is -2.27. The zero-order valence-corrected chi connectivity index (χ0v) is 8.85. The van der Waals surface area contributed by atoms with E-state index in [0.717, 1.165) is 12.2 Å². The molecule has 0 aliphatic heterocycles. The maximum absolute atomic E-state index is 8.96. The highest BCUT2D eigenvalue weighted by Crippen LogP contribution is 2.21. The minimum absolute atomic E-state index is 0.0455. The van der Waals surface area contributed by atoms with Crippen LogP contribution in [0.3, 0.4) is 0 Å². The van der Waals surface area contributed by atoms with Crippen LogP contribution in [0.1, 0.15) is 31.9 Å².